The highest BCUT2D eigenvalue weighted by molar-refractivity contribution is 5.70. The second kappa shape index (κ2) is 11.3. The smallest absolute Gasteiger partial charge is 0.308 e. The van der Waals surface area contributed by atoms with Gasteiger partial charge < -0.3 is 19.7 Å². The highest BCUT2D eigenvalue weighted by Gasteiger charge is 2.42. The molecule has 0 radical (unpaired) electrons. The number of hydrogen-bond donors (Lipinski definition) is 2. The number of esters is 1. The average Bonchev–Trinajstić information content (AvgIpc) is 2.75. The summed E-state index contributed by atoms with van der Waals surface area (Å²) in [6.07, 6.45) is 12.6. The molecule has 32 heavy (non-hydrogen) atoms. The standard InChI is InChI=1S/C27H44O5/c1-5-12-27(6-2,7-3)17-31-24-15-20(28)13-19-9-8-18(4)23(26(19)24)11-10-22-14-21(29)16-25(30)32-22/h8-9,13,18,20-24,26,28-29H,5-7,10-12,14-17H2,1-4H3/t18-,20-,21-,22-,23+,24+,26+/m1/s1. The number of ether oxygens (including phenoxy) is 2. The Bertz CT molecular complexity index is 680. The van der Waals surface area contributed by atoms with Crippen LogP contribution in [0.5, 0.6) is 0 Å². The predicted molar refractivity (Wildman–Crippen MR) is 126 cm³/mol. The van der Waals surface area contributed by atoms with Crippen LogP contribution in [-0.2, 0) is 14.3 Å². The van der Waals surface area contributed by atoms with Crippen LogP contribution in [0.2, 0.25) is 0 Å². The molecule has 182 valence electrons. The van der Waals surface area contributed by atoms with Crippen molar-refractivity contribution < 1.29 is 24.5 Å². The van der Waals surface area contributed by atoms with E-state index in [1.165, 1.54) is 5.57 Å². The summed E-state index contributed by atoms with van der Waals surface area (Å²) in [5, 5.41) is 20.5. The maximum Gasteiger partial charge on any atom is 0.308 e. The summed E-state index contributed by atoms with van der Waals surface area (Å²) < 4.78 is 12.2. The monoisotopic (exact) mass is 448 g/mol. The molecule has 7 atom stereocenters. The van der Waals surface area contributed by atoms with Gasteiger partial charge in [0.1, 0.15) is 6.10 Å². The van der Waals surface area contributed by atoms with E-state index in [1.807, 2.05) is 6.08 Å². The number of aliphatic hydroxyl groups excluding tert-OH is 2. The fourth-order valence-electron chi connectivity index (χ4n) is 6.15. The normalized spacial score (nSPS) is 35.2. The third-order valence-corrected chi connectivity index (χ3v) is 8.31. The lowest BCUT2D eigenvalue weighted by molar-refractivity contribution is -0.160. The van der Waals surface area contributed by atoms with E-state index in [0.717, 1.165) is 45.1 Å². The van der Waals surface area contributed by atoms with Gasteiger partial charge in [0.2, 0.25) is 0 Å². The third kappa shape index (κ3) is 6.03. The zero-order valence-electron chi connectivity index (χ0n) is 20.5. The molecule has 3 rings (SSSR count). The average molecular weight is 449 g/mol. The van der Waals surface area contributed by atoms with Gasteiger partial charge in [-0.05, 0) is 54.9 Å². The van der Waals surface area contributed by atoms with Crippen LogP contribution in [0.25, 0.3) is 0 Å². The Morgan fingerprint density at radius 3 is 2.56 bits per heavy atom. The Hall–Kier alpha value is -1.17. The second-order valence-corrected chi connectivity index (χ2v) is 10.5. The molecule has 0 unspecified atom stereocenters. The first-order chi connectivity index (χ1) is 15.3. The fraction of sp³-hybridized carbons (Fsp3) is 0.815. The lowest BCUT2D eigenvalue weighted by Crippen LogP contribution is -2.43. The summed E-state index contributed by atoms with van der Waals surface area (Å²) in [6, 6.07) is 0. The summed E-state index contributed by atoms with van der Waals surface area (Å²) in [5.41, 5.74) is 1.39. The molecule has 1 aliphatic heterocycles. The number of fused-ring (bicyclic) bond motifs is 1. The molecule has 1 fully saturated rings. The van der Waals surface area contributed by atoms with Gasteiger partial charge in [-0.1, -0.05) is 52.3 Å². The number of carbonyl (C=O) groups excluding carboxylic acids is 1. The van der Waals surface area contributed by atoms with Crippen LogP contribution in [0.3, 0.4) is 0 Å². The molecule has 5 nitrogen and oxygen atoms in total. The highest BCUT2D eigenvalue weighted by atomic mass is 16.5. The zero-order valence-corrected chi connectivity index (χ0v) is 20.5. The van der Waals surface area contributed by atoms with Crippen molar-refractivity contribution in [3.8, 4) is 0 Å². The van der Waals surface area contributed by atoms with Crippen LogP contribution in [-0.4, -0.2) is 47.2 Å². The number of hydrogen-bond acceptors (Lipinski definition) is 5. The topological polar surface area (TPSA) is 76.0 Å². The largest absolute Gasteiger partial charge is 0.462 e. The van der Waals surface area contributed by atoms with Gasteiger partial charge in [0, 0.05) is 18.8 Å². The molecule has 0 spiro atoms. The summed E-state index contributed by atoms with van der Waals surface area (Å²) in [6.45, 7) is 9.76. The first kappa shape index (κ1) is 25.5. The molecule has 0 bridgehead atoms. The number of rotatable bonds is 10. The first-order valence-electron chi connectivity index (χ1n) is 12.9. The molecule has 0 amide bonds. The van der Waals surface area contributed by atoms with E-state index in [4.69, 9.17) is 9.47 Å². The van der Waals surface area contributed by atoms with Gasteiger partial charge in [0.05, 0.1) is 31.3 Å². The van der Waals surface area contributed by atoms with Crippen LogP contribution in [0.15, 0.2) is 23.8 Å². The maximum atomic E-state index is 11.8. The highest BCUT2D eigenvalue weighted by Crippen LogP contribution is 2.45. The molecular weight excluding hydrogens is 404 g/mol. The molecule has 0 saturated carbocycles. The lowest BCUT2D eigenvalue weighted by Gasteiger charge is -2.44. The molecule has 2 aliphatic carbocycles. The molecule has 0 aromatic carbocycles. The minimum atomic E-state index is -0.587. The van der Waals surface area contributed by atoms with Crippen molar-refractivity contribution in [1.82, 2.24) is 0 Å². The van der Waals surface area contributed by atoms with E-state index in [-0.39, 0.29) is 35.9 Å². The van der Waals surface area contributed by atoms with Crippen molar-refractivity contribution in [2.24, 2.45) is 23.2 Å². The molecule has 2 N–H and O–H groups in total. The van der Waals surface area contributed by atoms with Crippen molar-refractivity contribution in [2.75, 3.05) is 6.61 Å². The van der Waals surface area contributed by atoms with Gasteiger partial charge in [0.15, 0.2) is 0 Å². The van der Waals surface area contributed by atoms with Crippen molar-refractivity contribution >= 4 is 5.97 Å². The summed E-state index contributed by atoms with van der Waals surface area (Å²) >= 11 is 0. The second-order valence-electron chi connectivity index (χ2n) is 10.5. The number of cyclic esters (lactones) is 1. The molecule has 1 saturated heterocycles. The summed E-state index contributed by atoms with van der Waals surface area (Å²) in [4.78, 5) is 11.8. The fourth-order valence-corrected chi connectivity index (χ4v) is 6.15. The predicted octanol–water partition coefficient (Wildman–Crippen LogP) is 4.95. The van der Waals surface area contributed by atoms with E-state index in [2.05, 4.69) is 39.8 Å². The molecule has 0 aromatic heterocycles. The minimum Gasteiger partial charge on any atom is -0.462 e. The van der Waals surface area contributed by atoms with Crippen LogP contribution in [0.4, 0.5) is 0 Å². The SMILES string of the molecule is CCCC(CC)(CC)CO[C@H]1C[C@H](O)C=C2C=C[C@@H](C)[C@H](CC[C@@H]3C[C@@H](O)CC(=O)O3)[C@H]21. The Morgan fingerprint density at radius 1 is 1.16 bits per heavy atom. The molecule has 5 heteroatoms. The van der Waals surface area contributed by atoms with E-state index < -0.39 is 12.2 Å². The van der Waals surface area contributed by atoms with Crippen LogP contribution >= 0.6 is 0 Å². The van der Waals surface area contributed by atoms with Crippen molar-refractivity contribution in [2.45, 2.75) is 110 Å². The Kier molecular flexibility index (Phi) is 8.99. The zero-order chi connectivity index (χ0) is 23.3. The quantitative estimate of drug-likeness (QED) is 0.462. The number of carbonyl (C=O) groups is 1. The minimum absolute atomic E-state index is 0.00349. The number of allylic oxidation sites excluding steroid dienone is 2. The van der Waals surface area contributed by atoms with Crippen LogP contribution in [0.1, 0.15) is 85.5 Å². The van der Waals surface area contributed by atoms with Crippen molar-refractivity contribution in [3.05, 3.63) is 23.8 Å². The summed E-state index contributed by atoms with van der Waals surface area (Å²) in [7, 11) is 0. The van der Waals surface area contributed by atoms with Crippen LogP contribution < -0.4 is 0 Å². The summed E-state index contributed by atoms with van der Waals surface area (Å²) in [5.74, 6) is 0.709. The van der Waals surface area contributed by atoms with Gasteiger partial charge in [0.25, 0.3) is 0 Å². The Morgan fingerprint density at radius 2 is 1.91 bits per heavy atom. The maximum absolute atomic E-state index is 11.8. The number of aliphatic hydroxyl groups is 2. The molecule has 1 heterocycles. The van der Waals surface area contributed by atoms with Crippen molar-refractivity contribution in [3.63, 3.8) is 0 Å². The molecule has 3 aliphatic rings. The first-order valence-corrected chi connectivity index (χ1v) is 12.9. The van der Waals surface area contributed by atoms with E-state index in [9.17, 15) is 15.0 Å². The Labute approximate surface area is 194 Å². The molecule has 0 aromatic rings. The van der Waals surface area contributed by atoms with Gasteiger partial charge in [-0.15, -0.1) is 0 Å². The van der Waals surface area contributed by atoms with Gasteiger partial charge in [-0.25, -0.2) is 0 Å². The van der Waals surface area contributed by atoms with Gasteiger partial charge in [-0.2, -0.15) is 0 Å². The van der Waals surface area contributed by atoms with E-state index in [1.54, 1.807) is 0 Å². The van der Waals surface area contributed by atoms with Gasteiger partial charge in [-0.3, -0.25) is 4.79 Å². The Balaban J connectivity index is 1.73. The van der Waals surface area contributed by atoms with E-state index in [0.29, 0.717) is 24.7 Å². The van der Waals surface area contributed by atoms with Crippen molar-refractivity contribution in [1.29, 1.82) is 0 Å². The van der Waals surface area contributed by atoms with Crippen LogP contribution in [0, 0.1) is 23.2 Å². The van der Waals surface area contributed by atoms with Gasteiger partial charge >= 0.3 is 5.97 Å². The lowest BCUT2D eigenvalue weighted by atomic mass is 9.66. The third-order valence-electron chi connectivity index (χ3n) is 8.31. The van der Waals surface area contributed by atoms with E-state index >= 15 is 0 Å². The molecular formula is C27H44O5.